The number of para-hydroxylation sites is 1. The Morgan fingerprint density at radius 2 is 1.95 bits per heavy atom. The van der Waals surface area contributed by atoms with E-state index in [4.69, 9.17) is 4.74 Å². The minimum atomic E-state index is 0.222. The van der Waals surface area contributed by atoms with Crippen LogP contribution in [0.5, 0.6) is 11.8 Å². The molecule has 20 heavy (non-hydrogen) atoms. The van der Waals surface area contributed by atoms with Crippen LogP contribution in [-0.2, 0) is 0 Å². The van der Waals surface area contributed by atoms with Gasteiger partial charge in [-0.2, -0.15) is 15.0 Å². The van der Waals surface area contributed by atoms with Crippen LogP contribution in [0, 0.1) is 0 Å². The molecular weight excluding hydrogens is 256 g/mol. The zero-order chi connectivity index (χ0) is 13.8. The number of hydrogen-bond acceptors (Lipinski definition) is 6. The standard InChI is InChI=1S/C13H12N6O/c1-14-11-16-12(19-8-7-15-9-19)18-13(17-11)20-10-5-3-2-4-6-10/h2-9H,1H3,(H,14,16,17,18). The van der Waals surface area contributed by atoms with E-state index >= 15 is 0 Å². The summed E-state index contributed by atoms with van der Waals surface area (Å²) in [5, 5.41) is 2.88. The van der Waals surface area contributed by atoms with Crippen LogP contribution in [0.3, 0.4) is 0 Å². The molecule has 1 aromatic carbocycles. The van der Waals surface area contributed by atoms with Crippen molar-refractivity contribution >= 4 is 5.95 Å². The van der Waals surface area contributed by atoms with E-state index in [9.17, 15) is 0 Å². The lowest BCUT2D eigenvalue weighted by molar-refractivity contribution is 0.439. The molecule has 0 aliphatic carbocycles. The third-order valence-electron chi connectivity index (χ3n) is 2.51. The van der Waals surface area contributed by atoms with E-state index in [1.54, 1.807) is 30.3 Å². The van der Waals surface area contributed by atoms with Crippen LogP contribution in [0.1, 0.15) is 0 Å². The normalized spacial score (nSPS) is 10.2. The number of imidazole rings is 1. The molecule has 0 saturated heterocycles. The Morgan fingerprint density at radius 3 is 2.65 bits per heavy atom. The highest BCUT2D eigenvalue weighted by Crippen LogP contribution is 2.18. The van der Waals surface area contributed by atoms with Gasteiger partial charge in [-0.3, -0.25) is 4.57 Å². The lowest BCUT2D eigenvalue weighted by Crippen LogP contribution is -2.06. The molecule has 3 rings (SSSR count). The zero-order valence-corrected chi connectivity index (χ0v) is 10.8. The molecule has 0 bridgehead atoms. The number of hydrogen-bond donors (Lipinski definition) is 1. The third-order valence-corrected chi connectivity index (χ3v) is 2.51. The average Bonchev–Trinajstić information content (AvgIpc) is 3.02. The lowest BCUT2D eigenvalue weighted by Gasteiger charge is -2.07. The maximum absolute atomic E-state index is 5.62. The van der Waals surface area contributed by atoms with Gasteiger partial charge in [0.2, 0.25) is 11.9 Å². The van der Waals surface area contributed by atoms with Crippen molar-refractivity contribution < 1.29 is 4.74 Å². The summed E-state index contributed by atoms with van der Waals surface area (Å²) in [6.45, 7) is 0. The number of benzene rings is 1. The van der Waals surface area contributed by atoms with Gasteiger partial charge in [-0.25, -0.2) is 4.98 Å². The molecule has 7 heteroatoms. The molecular formula is C13H12N6O. The van der Waals surface area contributed by atoms with Crippen LogP contribution in [0.2, 0.25) is 0 Å². The number of nitrogens with zero attached hydrogens (tertiary/aromatic N) is 5. The molecule has 0 unspecified atom stereocenters. The van der Waals surface area contributed by atoms with Crippen molar-refractivity contribution in [2.75, 3.05) is 12.4 Å². The van der Waals surface area contributed by atoms with Gasteiger partial charge in [0.1, 0.15) is 12.1 Å². The molecule has 2 heterocycles. The molecule has 1 N–H and O–H groups in total. The second-order valence-electron chi connectivity index (χ2n) is 3.88. The van der Waals surface area contributed by atoms with E-state index in [-0.39, 0.29) is 6.01 Å². The summed E-state index contributed by atoms with van der Waals surface area (Å²) in [6.07, 6.45) is 5.02. The molecule has 7 nitrogen and oxygen atoms in total. The fourth-order valence-corrected chi connectivity index (χ4v) is 1.59. The average molecular weight is 268 g/mol. The van der Waals surface area contributed by atoms with Crippen molar-refractivity contribution in [1.29, 1.82) is 0 Å². The van der Waals surface area contributed by atoms with Crippen LogP contribution >= 0.6 is 0 Å². The van der Waals surface area contributed by atoms with Gasteiger partial charge in [-0.1, -0.05) is 18.2 Å². The van der Waals surface area contributed by atoms with Crippen LogP contribution in [-0.4, -0.2) is 31.6 Å². The number of nitrogens with one attached hydrogen (secondary N) is 1. The van der Waals surface area contributed by atoms with Crippen LogP contribution in [0.25, 0.3) is 5.95 Å². The van der Waals surface area contributed by atoms with Crippen molar-refractivity contribution in [3.8, 4) is 17.7 Å². The van der Waals surface area contributed by atoms with Gasteiger partial charge in [0.25, 0.3) is 0 Å². The molecule has 0 atom stereocenters. The summed E-state index contributed by atoms with van der Waals surface area (Å²) in [5.74, 6) is 1.53. The maximum atomic E-state index is 5.62. The van der Waals surface area contributed by atoms with E-state index in [2.05, 4.69) is 25.3 Å². The van der Waals surface area contributed by atoms with Crippen LogP contribution < -0.4 is 10.1 Å². The first-order valence-electron chi connectivity index (χ1n) is 6.00. The first-order valence-corrected chi connectivity index (χ1v) is 6.00. The van der Waals surface area contributed by atoms with E-state index in [0.717, 1.165) is 0 Å². The smallest absolute Gasteiger partial charge is 0.328 e. The number of aromatic nitrogens is 5. The van der Waals surface area contributed by atoms with Gasteiger partial charge >= 0.3 is 6.01 Å². The Kier molecular flexibility index (Phi) is 3.24. The largest absolute Gasteiger partial charge is 0.424 e. The molecule has 0 spiro atoms. The molecule has 2 aromatic heterocycles. The van der Waals surface area contributed by atoms with E-state index in [1.165, 1.54) is 0 Å². The number of anilines is 1. The minimum Gasteiger partial charge on any atom is -0.424 e. The van der Waals surface area contributed by atoms with Crippen LogP contribution in [0.15, 0.2) is 49.1 Å². The first-order chi connectivity index (χ1) is 9.85. The Balaban J connectivity index is 1.96. The molecule has 0 fully saturated rings. The van der Waals surface area contributed by atoms with Gasteiger partial charge in [-0.05, 0) is 12.1 Å². The molecule has 100 valence electrons. The minimum absolute atomic E-state index is 0.222. The summed E-state index contributed by atoms with van der Waals surface area (Å²) in [4.78, 5) is 16.6. The first kappa shape index (κ1) is 12.1. The predicted octanol–water partition coefficient (Wildman–Crippen LogP) is 1.89. The highest BCUT2D eigenvalue weighted by atomic mass is 16.5. The van der Waals surface area contributed by atoms with E-state index in [1.807, 2.05) is 30.3 Å². The third kappa shape index (κ3) is 2.56. The summed E-state index contributed by atoms with van der Waals surface area (Å²) in [6, 6.07) is 9.56. The maximum Gasteiger partial charge on any atom is 0.328 e. The molecule has 0 aliphatic heterocycles. The number of ether oxygens (including phenoxy) is 1. The Morgan fingerprint density at radius 1 is 1.10 bits per heavy atom. The summed E-state index contributed by atoms with van der Waals surface area (Å²) in [5.41, 5.74) is 0. The van der Waals surface area contributed by atoms with Crippen molar-refractivity contribution in [1.82, 2.24) is 24.5 Å². The molecule has 3 aromatic rings. The molecule has 0 amide bonds. The molecule has 0 radical (unpaired) electrons. The fraction of sp³-hybridized carbons (Fsp3) is 0.0769. The van der Waals surface area contributed by atoms with Gasteiger partial charge in [0, 0.05) is 19.4 Å². The van der Waals surface area contributed by atoms with E-state index < -0.39 is 0 Å². The lowest BCUT2D eigenvalue weighted by atomic mass is 10.3. The zero-order valence-electron chi connectivity index (χ0n) is 10.8. The SMILES string of the molecule is CNc1nc(Oc2ccccc2)nc(-n2ccnc2)n1. The quantitative estimate of drug-likeness (QED) is 0.778. The molecule has 0 aliphatic rings. The second kappa shape index (κ2) is 5.35. The van der Waals surface area contributed by atoms with Crippen molar-refractivity contribution in [2.45, 2.75) is 0 Å². The van der Waals surface area contributed by atoms with Gasteiger partial charge in [0.15, 0.2) is 0 Å². The van der Waals surface area contributed by atoms with Crippen molar-refractivity contribution in [2.24, 2.45) is 0 Å². The summed E-state index contributed by atoms with van der Waals surface area (Å²) < 4.78 is 7.30. The fourth-order valence-electron chi connectivity index (χ4n) is 1.59. The van der Waals surface area contributed by atoms with E-state index in [0.29, 0.717) is 17.6 Å². The topological polar surface area (TPSA) is 77.8 Å². The van der Waals surface area contributed by atoms with Gasteiger partial charge < -0.3 is 10.1 Å². The summed E-state index contributed by atoms with van der Waals surface area (Å²) >= 11 is 0. The van der Waals surface area contributed by atoms with Gasteiger partial charge in [-0.15, -0.1) is 0 Å². The van der Waals surface area contributed by atoms with Gasteiger partial charge in [0.05, 0.1) is 0 Å². The molecule has 0 saturated carbocycles. The van der Waals surface area contributed by atoms with Crippen molar-refractivity contribution in [3.05, 3.63) is 49.1 Å². The number of rotatable bonds is 4. The monoisotopic (exact) mass is 268 g/mol. The summed E-state index contributed by atoms with van der Waals surface area (Å²) in [7, 11) is 1.74. The predicted molar refractivity (Wildman–Crippen MR) is 73.0 cm³/mol. The Hall–Kier alpha value is -2.96. The Labute approximate surface area is 115 Å². The van der Waals surface area contributed by atoms with Crippen molar-refractivity contribution in [3.63, 3.8) is 0 Å². The highest BCUT2D eigenvalue weighted by molar-refractivity contribution is 5.31. The Bertz CT molecular complexity index is 683. The second-order valence-corrected chi connectivity index (χ2v) is 3.88. The highest BCUT2D eigenvalue weighted by Gasteiger charge is 2.08. The van der Waals surface area contributed by atoms with Crippen LogP contribution in [0.4, 0.5) is 5.95 Å².